The SMILES string of the molecule is C=CCCOC1CCC(NCC)CC1. The second-order valence-corrected chi connectivity index (χ2v) is 3.98. The Kier molecular flexibility index (Phi) is 5.88. The van der Waals surface area contributed by atoms with Crippen LogP contribution in [-0.4, -0.2) is 25.3 Å². The van der Waals surface area contributed by atoms with E-state index in [-0.39, 0.29) is 0 Å². The molecule has 2 nitrogen and oxygen atoms in total. The Bertz CT molecular complexity index is 150. The number of hydrogen-bond acceptors (Lipinski definition) is 2. The first-order valence-electron chi connectivity index (χ1n) is 5.82. The van der Waals surface area contributed by atoms with E-state index < -0.39 is 0 Å². The smallest absolute Gasteiger partial charge is 0.0576 e. The van der Waals surface area contributed by atoms with Gasteiger partial charge in [0.05, 0.1) is 12.7 Å². The van der Waals surface area contributed by atoms with Gasteiger partial charge in [-0.05, 0) is 38.6 Å². The highest BCUT2D eigenvalue weighted by Crippen LogP contribution is 2.21. The summed E-state index contributed by atoms with van der Waals surface area (Å²) >= 11 is 0. The molecular weight excluding hydrogens is 174 g/mol. The zero-order valence-corrected chi connectivity index (χ0v) is 9.30. The molecule has 1 saturated carbocycles. The van der Waals surface area contributed by atoms with Crippen molar-refractivity contribution >= 4 is 0 Å². The van der Waals surface area contributed by atoms with Crippen LogP contribution in [0.2, 0.25) is 0 Å². The highest BCUT2D eigenvalue weighted by atomic mass is 16.5. The molecule has 0 radical (unpaired) electrons. The first-order chi connectivity index (χ1) is 6.86. The van der Waals surface area contributed by atoms with Gasteiger partial charge in [0.2, 0.25) is 0 Å². The second kappa shape index (κ2) is 7.02. The van der Waals surface area contributed by atoms with Gasteiger partial charge in [-0.3, -0.25) is 0 Å². The van der Waals surface area contributed by atoms with Crippen molar-refractivity contribution < 1.29 is 4.74 Å². The van der Waals surface area contributed by atoms with Crippen LogP contribution in [0.25, 0.3) is 0 Å². The third-order valence-electron chi connectivity index (χ3n) is 2.84. The van der Waals surface area contributed by atoms with Crippen LogP contribution in [0.5, 0.6) is 0 Å². The minimum Gasteiger partial charge on any atom is -0.378 e. The standard InChI is InChI=1S/C12H23NO/c1-3-5-10-14-12-8-6-11(7-9-12)13-4-2/h3,11-13H,1,4-10H2,2H3. The van der Waals surface area contributed by atoms with Crippen molar-refractivity contribution in [2.24, 2.45) is 0 Å². The van der Waals surface area contributed by atoms with Gasteiger partial charge in [-0.15, -0.1) is 6.58 Å². The Morgan fingerprint density at radius 3 is 2.64 bits per heavy atom. The van der Waals surface area contributed by atoms with Gasteiger partial charge >= 0.3 is 0 Å². The monoisotopic (exact) mass is 197 g/mol. The van der Waals surface area contributed by atoms with Crippen LogP contribution >= 0.6 is 0 Å². The van der Waals surface area contributed by atoms with Gasteiger partial charge in [-0.1, -0.05) is 13.0 Å². The molecule has 0 unspecified atom stereocenters. The van der Waals surface area contributed by atoms with Crippen LogP contribution in [0.4, 0.5) is 0 Å². The van der Waals surface area contributed by atoms with E-state index in [0.29, 0.717) is 6.10 Å². The van der Waals surface area contributed by atoms with Crippen molar-refractivity contribution in [2.45, 2.75) is 51.2 Å². The fraction of sp³-hybridized carbons (Fsp3) is 0.833. The molecule has 1 aliphatic rings. The summed E-state index contributed by atoms with van der Waals surface area (Å²) in [6, 6.07) is 0.735. The average molecular weight is 197 g/mol. The summed E-state index contributed by atoms with van der Waals surface area (Å²) in [6.45, 7) is 7.80. The molecule has 0 spiro atoms. The van der Waals surface area contributed by atoms with Crippen molar-refractivity contribution in [3.05, 3.63) is 12.7 Å². The minimum absolute atomic E-state index is 0.504. The van der Waals surface area contributed by atoms with Gasteiger partial charge in [-0.25, -0.2) is 0 Å². The van der Waals surface area contributed by atoms with Crippen molar-refractivity contribution in [2.75, 3.05) is 13.2 Å². The molecule has 0 aliphatic heterocycles. The van der Waals surface area contributed by atoms with E-state index >= 15 is 0 Å². The van der Waals surface area contributed by atoms with Crippen molar-refractivity contribution in [1.82, 2.24) is 5.32 Å². The van der Waals surface area contributed by atoms with E-state index in [9.17, 15) is 0 Å². The zero-order chi connectivity index (χ0) is 10.2. The van der Waals surface area contributed by atoms with Crippen LogP contribution in [0.1, 0.15) is 39.0 Å². The lowest BCUT2D eigenvalue weighted by molar-refractivity contribution is 0.0253. The molecule has 1 rings (SSSR count). The fourth-order valence-corrected chi connectivity index (χ4v) is 2.04. The van der Waals surface area contributed by atoms with Crippen LogP contribution < -0.4 is 5.32 Å². The number of nitrogens with one attached hydrogen (secondary N) is 1. The first-order valence-corrected chi connectivity index (χ1v) is 5.82. The molecule has 0 aromatic carbocycles. The maximum Gasteiger partial charge on any atom is 0.0576 e. The number of hydrogen-bond donors (Lipinski definition) is 1. The summed E-state index contributed by atoms with van der Waals surface area (Å²) < 4.78 is 5.75. The van der Waals surface area contributed by atoms with Gasteiger partial charge in [0.1, 0.15) is 0 Å². The van der Waals surface area contributed by atoms with Gasteiger partial charge in [-0.2, -0.15) is 0 Å². The molecular formula is C12H23NO. The normalized spacial score (nSPS) is 27.5. The first kappa shape index (κ1) is 11.7. The summed E-state index contributed by atoms with van der Waals surface area (Å²) in [5.41, 5.74) is 0. The lowest BCUT2D eigenvalue weighted by Gasteiger charge is -2.28. The highest BCUT2D eigenvalue weighted by Gasteiger charge is 2.20. The number of ether oxygens (including phenoxy) is 1. The van der Waals surface area contributed by atoms with Crippen LogP contribution in [-0.2, 0) is 4.74 Å². The number of rotatable bonds is 6. The molecule has 0 saturated heterocycles. The Morgan fingerprint density at radius 2 is 2.07 bits per heavy atom. The quantitative estimate of drug-likeness (QED) is 0.522. The second-order valence-electron chi connectivity index (χ2n) is 3.98. The Balaban J connectivity index is 2.06. The predicted molar refractivity (Wildman–Crippen MR) is 60.5 cm³/mol. The molecule has 0 bridgehead atoms. The minimum atomic E-state index is 0.504. The largest absolute Gasteiger partial charge is 0.378 e. The molecule has 1 fully saturated rings. The van der Waals surface area contributed by atoms with Crippen molar-refractivity contribution in [3.8, 4) is 0 Å². The van der Waals surface area contributed by atoms with Gasteiger partial charge in [0, 0.05) is 6.04 Å². The summed E-state index contributed by atoms with van der Waals surface area (Å²) in [5.74, 6) is 0. The lowest BCUT2D eigenvalue weighted by atomic mass is 9.93. The van der Waals surface area contributed by atoms with E-state index in [1.807, 2.05) is 6.08 Å². The average Bonchev–Trinajstić information content (AvgIpc) is 2.21. The molecule has 82 valence electrons. The molecule has 2 heteroatoms. The molecule has 0 aromatic heterocycles. The van der Waals surface area contributed by atoms with Crippen LogP contribution in [0.3, 0.4) is 0 Å². The third kappa shape index (κ3) is 4.25. The van der Waals surface area contributed by atoms with E-state index in [2.05, 4.69) is 18.8 Å². The Morgan fingerprint density at radius 1 is 1.36 bits per heavy atom. The topological polar surface area (TPSA) is 21.3 Å². The predicted octanol–water partition coefficient (Wildman–Crippen LogP) is 2.50. The summed E-state index contributed by atoms with van der Waals surface area (Å²) in [6.07, 6.45) is 8.38. The Hall–Kier alpha value is -0.340. The molecule has 1 aliphatic carbocycles. The van der Waals surface area contributed by atoms with Crippen LogP contribution in [0, 0.1) is 0 Å². The van der Waals surface area contributed by atoms with Crippen molar-refractivity contribution in [3.63, 3.8) is 0 Å². The summed E-state index contributed by atoms with van der Waals surface area (Å²) in [5, 5.41) is 3.50. The van der Waals surface area contributed by atoms with E-state index in [0.717, 1.165) is 25.6 Å². The van der Waals surface area contributed by atoms with Gasteiger partial charge in [0.15, 0.2) is 0 Å². The third-order valence-corrected chi connectivity index (χ3v) is 2.84. The molecule has 0 aromatic rings. The van der Waals surface area contributed by atoms with E-state index in [1.54, 1.807) is 0 Å². The van der Waals surface area contributed by atoms with Gasteiger partial charge < -0.3 is 10.1 Å². The van der Waals surface area contributed by atoms with E-state index in [1.165, 1.54) is 25.7 Å². The molecule has 0 amide bonds. The van der Waals surface area contributed by atoms with E-state index in [4.69, 9.17) is 4.74 Å². The van der Waals surface area contributed by atoms with Gasteiger partial charge in [0.25, 0.3) is 0 Å². The summed E-state index contributed by atoms with van der Waals surface area (Å²) in [4.78, 5) is 0. The zero-order valence-electron chi connectivity index (χ0n) is 9.30. The molecule has 0 atom stereocenters. The maximum absolute atomic E-state index is 5.75. The summed E-state index contributed by atoms with van der Waals surface area (Å²) in [7, 11) is 0. The van der Waals surface area contributed by atoms with Crippen LogP contribution in [0.15, 0.2) is 12.7 Å². The van der Waals surface area contributed by atoms with Crippen molar-refractivity contribution in [1.29, 1.82) is 0 Å². The maximum atomic E-state index is 5.75. The molecule has 0 heterocycles. The highest BCUT2D eigenvalue weighted by molar-refractivity contribution is 4.77. The Labute approximate surface area is 87.7 Å². The fourth-order valence-electron chi connectivity index (χ4n) is 2.04. The molecule has 1 N–H and O–H groups in total. The lowest BCUT2D eigenvalue weighted by Crippen LogP contribution is -2.35. The molecule has 14 heavy (non-hydrogen) atoms.